The van der Waals surface area contributed by atoms with E-state index in [0.29, 0.717) is 41.9 Å². The van der Waals surface area contributed by atoms with Gasteiger partial charge in [-0.1, -0.05) is 35.9 Å². The van der Waals surface area contributed by atoms with E-state index in [2.05, 4.69) is 25.1 Å². The van der Waals surface area contributed by atoms with Gasteiger partial charge < -0.3 is 20.7 Å². The Morgan fingerprint density at radius 2 is 1.88 bits per heavy atom. The molecule has 4 saturated heterocycles. The summed E-state index contributed by atoms with van der Waals surface area (Å²) in [6.45, 7) is 3.02. The molecule has 2 aromatic heterocycles. The third-order valence-electron chi connectivity index (χ3n) is 9.59. The van der Waals surface area contributed by atoms with Crippen LogP contribution in [-0.4, -0.2) is 76.4 Å². The van der Waals surface area contributed by atoms with Crippen molar-refractivity contribution >= 4 is 44.9 Å². The largest absolute Gasteiger partial charge is 0.461 e. The Morgan fingerprint density at radius 3 is 2.71 bits per heavy atom. The zero-order valence-electron chi connectivity index (χ0n) is 23.1. The molecule has 4 aromatic rings. The Bertz CT molecular complexity index is 1710. The average Bonchev–Trinajstić information content (AvgIpc) is 3.62. The van der Waals surface area contributed by atoms with Gasteiger partial charge in [0.05, 0.1) is 21.8 Å². The van der Waals surface area contributed by atoms with Crippen molar-refractivity contribution in [3.8, 4) is 17.3 Å². The summed E-state index contributed by atoms with van der Waals surface area (Å²) in [6.07, 6.45) is 3.59. The summed E-state index contributed by atoms with van der Waals surface area (Å²) >= 11 is 6.86. The highest BCUT2D eigenvalue weighted by molar-refractivity contribution is 6.34. The molecular weight excluding hydrogens is 560 g/mol. The van der Waals surface area contributed by atoms with Gasteiger partial charge >= 0.3 is 6.01 Å². The van der Waals surface area contributed by atoms with Crippen molar-refractivity contribution in [2.24, 2.45) is 0 Å². The van der Waals surface area contributed by atoms with Gasteiger partial charge in [0, 0.05) is 48.9 Å². The number of hydrogen-bond donors (Lipinski definition) is 2. The lowest BCUT2D eigenvalue weighted by Crippen LogP contribution is -2.51. The summed E-state index contributed by atoms with van der Waals surface area (Å²) in [6, 6.07) is 11.8. The lowest BCUT2D eigenvalue weighted by atomic mass is 9.95. The van der Waals surface area contributed by atoms with Gasteiger partial charge in [-0.25, -0.2) is 13.8 Å². The minimum atomic E-state index is -0.874. The Hall–Kier alpha value is -3.34. The maximum Gasteiger partial charge on any atom is 0.319 e. The van der Waals surface area contributed by atoms with Crippen molar-refractivity contribution in [3.05, 3.63) is 47.2 Å². The minimum absolute atomic E-state index is 0.0875. The second kappa shape index (κ2) is 9.86. The molecule has 11 heteroatoms. The fourth-order valence-electron chi connectivity index (χ4n) is 7.71. The molecule has 42 heavy (non-hydrogen) atoms. The Labute approximate surface area is 247 Å². The molecule has 8 rings (SSSR count). The van der Waals surface area contributed by atoms with Gasteiger partial charge in [0.25, 0.3) is 0 Å². The SMILES string of the molecule is Nc1cc2ccccc2c(-c2c(Cl)cc3c(N4CC5CCC(C4)N5)nc(OC[C@@]45CCCN4C[C@H](F)C5)nc3c2F)n1. The number of benzene rings is 2. The highest BCUT2D eigenvalue weighted by Gasteiger charge is 2.49. The number of nitrogen functional groups attached to an aromatic ring is 1. The summed E-state index contributed by atoms with van der Waals surface area (Å²) < 4.78 is 37.5. The van der Waals surface area contributed by atoms with Crippen molar-refractivity contribution in [2.75, 3.05) is 43.4 Å². The topological polar surface area (TPSA) is 92.4 Å². The van der Waals surface area contributed by atoms with Gasteiger partial charge in [0.2, 0.25) is 0 Å². The predicted molar refractivity (Wildman–Crippen MR) is 160 cm³/mol. The van der Waals surface area contributed by atoms with Crippen LogP contribution in [-0.2, 0) is 0 Å². The molecular formula is C31H32ClF2N7O. The van der Waals surface area contributed by atoms with Crippen molar-refractivity contribution < 1.29 is 13.5 Å². The number of nitrogens with zero attached hydrogens (tertiary/aromatic N) is 5. The molecule has 8 nitrogen and oxygen atoms in total. The zero-order valence-corrected chi connectivity index (χ0v) is 23.9. The van der Waals surface area contributed by atoms with Gasteiger partial charge in [-0.05, 0) is 49.7 Å². The first-order chi connectivity index (χ1) is 20.4. The number of pyridine rings is 1. The second-order valence-corrected chi connectivity index (χ2v) is 12.7. The van der Waals surface area contributed by atoms with Crippen molar-refractivity contribution in [1.82, 2.24) is 25.2 Å². The number of nitrogens with one attached hydrogen (secondary N) is 1. The number of alkyl halides is 1. The molecule has 4 aliphatic heterocycles. The first-order valence-electron chi connectivity index (χ1n) is 14.8. The molecule has 4 fully saturated rings. The van der Waals surface area contributed by atoms with Gasteiger partial charge in [0.1, 0.15) is 29.9 Å². The average molecular weight is 592 g/mol. The summed E-state index contributed by atoms with van der Waals surface area (Å²) in [4.78, 5) is 18.4. The third kappa shape index (κ3) is 4.26. The molecule has 4 atom stereocenters. The predicted octanol–water partition coefficient (Wildman–Crippen LogP) is 5.12. The molecule has 0 saturated carbocycles. The van der Waals surface area contributed by atoms with Crippen LogP contribution in [0.3, 0.4) is 0 Å². The van der Waals surface area contributed by atoms with Crippen LogP contribution in [0.25, 0.3) is 32.9 Å². The Balaban J connectivity index is 1.27. The Morgan fingerprint density at radius 1 is 1.07 bits per heavy atom. The molecule has 0 spiro atoms. The summed E-state index contributed by atoms with van der Waals surface area (Å²) in [5.74, 6) is 0.269. The maximum absolute atomic E-state index is 16.8. The maximum atomic E-state index is 16.8. The third-order valence-corrected chi connectivity index (χ3v) is 9.88. The van der Waals surface area contributed by atoms with E-state index in [4.69, 9.17) is 27.1 Å². The smallest absolute Gasteiger partial charge is 0.319 e. The van der Waals surface area contributed by atoms with E-state index in [1.807, 2.05) is 24.3 Å². The standard InChI is InChI=1S/C31H32ClF2N7O/c32-23-11-22-28(26(34)25(23)27-21-5-2-1-4-17(21)10-24(35)37-27)38-30(39-29(22)40-14-19-6-7-20(15-40)36-19)42-16-31-8-3-9-41(31)13-18(33)12-31/h1-2,4-5,10-11,18-20,36H,3,6-9,12-16H2,(H2,35,37)/t18-,19?,20?,31+/m1/s1. The number of nitrogens with two attached hydrogens (primary N) is 1. The minimum Gasteiger partial charge on any atom is -0.461 e. The van der Waals surface area contributed by atoms with Crippen LogP contribution in [0, 0.1) is 5.82 Å². The highest BCUT2D eigenvalue weighted by atomic mass is 35.5. The van der Waals surface area contributed by atoms with E-state index in [-0.39, 0.29) is 40.1 Å². The van der Waals surface area contributed by atoms with Gasteiger partial charge in [-0.15, -0.1) is 0 Å². The quantitative estimate of drug-likeness (QED) is 0.331. The van der Waals surface area contributed by atoms with Crippen LogP contribution < -0.4 is 20.7 Å². The molecule has 0 amide bonds. The number of aromatic nitrogens is 3. The van der Waals surface area contributed by atoms with Crippen molar-refractivity contribution in [3.63, 3.8) is 0 Å². The summed E-state index contributed by atoms with van der Waals surface area (Å²) in [5, 5.41) is 5.94. The molecule has 0 aliphatic carbocycles. The van der Waals surface area contributed by atoms with Crippen LogP contribution in [0.4, 0.5) is 20.4 Å². The highest BCUT2D eigenvalue weighted by Crippen LogP contribution is 2.43. The van der Waals surface area contributed by atoms with Crippen molar-refractivity contribution in [2.45, 2.75) is 55.9 Å². The number of anilines is 2. The summed E-state index contributed by atoms with van der Waals surface area (Å²) in [7, 11) is 0. The van der Waals surface area contributed by atoms with Crippen molar-refractivity contribution in [1.29, 1.82) is 0 Å². The number of rotatable bonds is 5. The number of piperazine rings is 1. The normalized spacial score (nSPS) is 27.3. The monoisotopic (exact) mass is 591 g/mol. The van der Waals surface area contributed by atoms with E-state index in [1.165, 1.54) is 0 Å². The molecule has 218 valence electrons. The van der Waals surface area contributed by atoms with Gasteiger partial charge in [0.15, 0.2) is 5.82 Å². The molecule has 3 N–H and O–H groups in total. The van der Waals surface area contributed by atoms with Crippen LogP contribution in [0.1, 0.15) is 32.1 Å². The molecule has 4 aliphatic rings. The molecule has 2 bridgehead atoms. The van der Waals surface area contributed by atoms with E-state index in [1.54, 1.807) is 12.1 Å². The van der Waals surface area contributed by atoms with Crippen LogP contribution in [0.5, 0.6) is 6.01 Å². The van der Waals surface area contributed by atoms with E-state index in [9.17, 15) is 4.39 Å². The first kappa shape index (κ1) is 26.3. The fourth-order valence-corrected chi connectivity index (χ4v) is 7.99. The molecule has 0 radical (unpaired) electrons. The molecule has 6 heterocycles. The lowest BCUT2D eigenvalue weighted by molar-refractivity contribution is 0.107. The van der Waals surface area contributed by atoms with Crippen LogP contribution in [0.15, 0.2) is 36.4 Å². The number of fused-ring (bicyclic) bond motifs is 5. The zero-order chi connectivity index (χ0) is 28.6. The number of ether oxygens (including phenoxy) is 1. The molecule has 2 aromatic carbocycles. The van der Waals surface area contributed by atoms with E-state index >= 15 is 4.39 Å². The lowest BCUT2D eigenvalue weighted by Gasteiger charge is -2.34. The second-order valence-electron chi connectivity index (χ2n) is 12.3. The molecule has 2 unspecified atom stereocenters. The van der Waals surface area contributed by atoms with Crippen LogP contribution in [0.2, 0.25) is 5.02 Å². The van der Waals surface area contributed by atoms with E-state index < -0.39 is 12.0 Å². The summed E-state index contributed by atoms with van der Waals surface area (Å²) in [5.41, 5.74) is 6.38. The first-order valence-corrected chi connectivity index (χ1v) is 15.1. The number of halogens is 3. The van der Waals surface area contributed by atoms with Gasteiger partial charge in [-0.2, -0.15) is 9.97 Å². The Kier molecular flexibility index (Phi) is 6.17. The van der Waals surface area contributed by atoms with E-state index in [0.717, 1.165) is 56.1 Å². The van der Waals surface area contributed by atoms with Crippen LogP contribution >= 0.6 is 11.6 Å². The number of hydrogen-bond acceptors (Lipinski definition) is 8. The van der Waals surface area contributed by atoms with Gasteiger partial charge in [-0.3, -0.25) is 4.90 Å². The fraction of sp³-hybridized carbons (Fsp3) is 0.452.